The number of carbonyl (C=O) groups excluding carboxylic acids is 1. The first-order valence-corrected chi connectivity index (χ1v) is 10.1. The average Bonchev–Trinajstić information content (AvgIpc) is 3.36. The monoisotopic (exact) mass is 395 g/mol. The molecule has 1 amide bonds. The predicted octanol–water partition coefficient (Wildman–Crippen LogP) is 5.14. The van der Waals surface area contributed by atoms with Gasteiger partial charge in [-0.2, -0.15) is 0 Å². The van der Waals surface area contributed by atoms with Crippen LogP contribution >= 0.6 is 11.3 Å². The molecule has 0 aliphatic carbocycles. The molecular formula is C24H17N3OS. The van der Waals surface area contributed by atoms with E-state index in [1.807, 2.05) is 92.0 Å². The van der Waals surface area contributed by atoms with E-state index in [1.165, 1.54) is 11.3 Å². The molecule has 5 rings (SSSR count). The van der Waals surface area contributed by atoms with Crippen LogP contribution in [0.15, 0.2) is 84.9 Å². The van der Waals surface area contributed by atoms with Crippen molar-refractivity contribution >= 4 is 34.1 Å². The Kier molecular flexibility index (Phi) is 4.30. The molecule has 0 saturated carbocycles. The number of likely N-dealkylation sites (N-methyl/N-ethyl adjacent to an activating group) is 1. The van der Waals surface area contributed by atoms with Crippen molar-refractivity contribution < 1.29 is 4.79 Å². The van der Waals surface area contributed by atoms with E-state index < -0.39 is 0 Å². The minimum atomic E-state index is -0.0264. The number of rotatable bonds is 3. The third-order valence-corrected chi connectivity index (χ3v) is 6.02. The number of carbonyl (C=O) groups is 1. The molecule has 3 aromatic carbocycles. The van der Waals surface area contributed by atoms with Crippen molar-refractivity contribution in [3.05, 3.63) is 101 Å². The van der Waals surface area contributed by atoms with E-state index in [4.69, 9.17) is 0 Å². The van der Waals surface area contributed by atoms with Crippen LogP contribution in [0.1, 0.15) is 16.1 Å². The van der Waals surface area contributed by atoms with Gasteiger partial charge >= 0.3 is 0 Å². The van der Waals surface area contributed by atoms with Crippen molar-refractivity contribution in [1.29, 1.82) is 0 Å². The molecule has 0 radical (unpaired) electrons. The molecule has 29 heavy (non-hydrogen) atoms. The lowest BCUT2D eigenvalue weighted by molar-refractivity contribution is -0.112. The summed E-state index contributed by atoms with van der Waals surface area (Å²) in [7, 11) is 1.81. The summed E-state index contributed by atoms with van der Waals surface area (Å²) >= 11 is 1.50. The topological polar surface area (TPSA) is 46.1 Å². The summed E-state index contributed by atoms with van der Waals surface area (Å²) < 4.78 is 0. The van der Waals surface area contributed by atoms with Gasteiger partial charge in [0.1, 0.15) is 10.0 Å². The van der Waals surface area contributed by atoms with Crippen LogP contribution in [0.3, 0.4) is 0 Å². The number of anilines is 1. The summed E-state index contributed by atoms with van der Waals surface area (Å²) in [5.74, 6) is -0.0264. The zero-order valence-electron chi connectivity index (χ0n) is 15.7. The molecule has 0 bridgehead atoms. The van der Waals surface area contributed by atoms with Gasteiger partial charge in [-0.05, 0) is 11.6 Å². The van der Waals surface area contributed by atoms with Crippen molar-refractivity contribution in [2.75, 3.05) is 11.9 Å². The minimum absolute atomic E-state index is 0.0264. The second-order valence-electron chi connectivity index (χ2n) is 6.78. The zero-order chi connectivity index (χ0) is 19.8. The molecule has 0 fully saturated rings. The van der Waals surface area contributed by atoms with Crippen LogP contribution in [0.5, 0.6) is 0 Å². The standard InChI is InChI=1S/C24H17N3OS/c1-27-19-15-9-8-14-18(19)21(24(27)28)20(16-10-4-2-5-11-16)23-26-25-22(29-23)17-12-6-3-7-13-17/h2-15H,1H3/b21-20-. The SMILES string of the molecule is CN1C(=O)/C(=C(/c2ccccc2)c2nnc(-c3ccccc3)s2)c2ccccc21. The highest BCUT2D eigenvalue weighted by atomic mass is 32.1. The molecular weight excluding hydrogens is 378 g/mol. The van der Waals surface area contributed by atoms with Gasteiger partial charge in [0.05, 0.1) is 11.3 Å². The summed E-state index contributed by atoms with van der Waals surface area (Å²) in [6, 6.07) is 27.8. The lowest BCUT2D eigenvalue weighted by Gasteiger charge is -2.10. The summed E-state index contributed by atoms with van der Waals surface area (Å²) in [6.07, 6.45) is 0. The summed E-state index contributed by atoms with van der Waals surface area (Å²) in [6.45, 7) is 0. The second-order valence-corrected chi connectivity index (χ2v) is 7.75. The van der Waals surface area contributed by atoms with Gasteiger partial charge in [-0.15, -0.1) is 10.2 Å². The zero-order valence-corrected chi connectivity index (χ0v) is 16.6. The molecule has 0 saturated heterocycles. The molecule has 1 aliphatic rings. The lowest BCUT2D eigenvalue weighted by atomic mass is 9.96. The van der Waals surface area contributed by atoms with Gasteiger partial charge in [0, 0.05) is 23.7 Å². The highest BCUT2D eigenvalue weighted by Gasteiger charge is 2.33. The molecule has 4 aromatic rings. The Balaban J connectivity index is 1.76. The molecule has 0 unspecified atom stereocenters. The number of hydrogen-bond donors (Lipinski definition) is 0. The van der Waals surface area contributed by atoms with Crippen LogP contribution in [-0.2, 0) is 4.79 Å². The maximum atomic E-state index is 13.3. The third kappa shape index (κ3) is 2.96. The quantitative estimate of drug-likeness (QED) is 0.451. The maximum absolute atomic E-state index is 13.3. The van der Waals surface area contributed by atoms with Crippen molar-refractivity contribution in [3.8, 4) is 10.6 Å². The largest absolute Gasteiger partial charge is 0.311 e. The van der Waals surface area contributed by atoms with Crippen molar-refractivity contribution in [3.63, 3.8) is 0 Å². The first kappa shape index (κ1) is 17.5. The Bertz CT molecular complexity index is 1230. The highest BCUT2D eigenvalue weighted by Crippen LogP contribution is 2.43. The van der Waals surface area contributed by atoms with Gasteiger partial charge in [0.15, 0.2) is 0 Å². The van der Waals surface area contributed by atoms with Crippen molar-refractivity contribution in [1.82, 2.24) is 10.2 Å². The number of amides is 1. The first-order chi connectivity index (χ1) is 14.2. The Morgan fingerprint density at radius 1 is 0.828 bits per heavy atom. The number of fused-ring (bicyclic) bond motifs is 1. The van der Waals surface area contributed by atoms with Gasteiger partial charge in [0.2, 0.25) is 0 Å². The summed E-state index contributed by atoms with van der Waals surface area (Å²) in [4.78, 5) is 15.0. The van der Waals surface area contributed by atoms with E-state index in [2.05, 4.69) is 10.2 Å². The van der Waals surface area contributed by atoms with Gasteiger partial charge in [0.25, 0.3) is 5.91 Å². The number of hydrogen-bond acceptors (Lipinski definition) is 4. The molecule has 0 spiro atoms. The van der Waals surface area contributed by atoms with Gasteiger partial charge in [-0.1, -0.05) is 90.2 Å². The van der Waals surface area contributed by atoms with E-state index in [-0.39, 0.29) is 5.91 Å². The van der Waals surface area contributed by atoms with E-state index in [9.17, 15) is 4.79 Å². The molecule has 2 heterocycles. The number of aromatic nitrogens is 2. The molecule has 1 aromatic heterocycles. The van der Waals surface area contributed by atoms with Gasteiger partial charge in [-0.3, -0.25) is 4.79 Å². The lowest BCUT2D eigenvalue weighted by Crippen LogP contribution is -2.20. The van der Waals surface area contributed by atoms with Crippen LogP contribution in [-0.4, -0.2) is 23.2 Å². The Hall–Kier alpha value is -3.57. The second kappa shape index (κ2) is 7.11. The van der Waals surface area contributed by atoms with Crippen molar-refractivity contribution in [2.24, 2.45) is 0 Å². The fourth-order valence-electron chi connectivity index (χ4n) is 3.61. The van der Waals surface area contributed by atoms with Crippen LogP contribution in [0.2, 0.25) is 0 Å². The molecule has 140 valence electrons. The molecule has 1 aliphatic heterocycles. The van der Waals surface area contributed by atoms with E-state index in [0.717, 1.165) is 38.0 Å². The number of nitrogens with zero attached hydrogens (tertiary/aromatic N) is 3. The van der Waals surface area contributed by atoms with E-state index in [0.29, 0.717) is 5.57 Å². The smallest absolute Gasteiger partial charge is 0.259 e. The van der Waals surface area contributed by atoms with E-state index in [1.54, 1.807) is 4.90 Å². The number of benzene rings is 3. The minimum Gasteiger partial charge on any atom is -0.311 e. The Morgan fingerprint density at radius 3 is 2.24 bits per heavy atom. The van der Waals surface area contributed by atoms with Gasteiger partial charge < -0.3 is 4.90 Å². The van der Waals surface area contributed by atoms with Crippen LogP contribution < -0.4 is 4.90 Å². The molecule has 0 atom stereocenters. The average molecular weight is 395 g/mol. The molecule has 0 N–H and O–H groups in total. The van der Waals surface area contributed by atoms with Crippen molar-refractivity contribution in [2.45, 2.75) is 0 Å². The third-order valence-electron chi connectivity index (χ3n) is 5.03. The fraction of sp³-hybridized carbons (Fsp3) is 0.0417. The molecule has 4 nitrogen and oxygen atoms in total. The van der Waals surface area contributed by atoms with Crippen LogP contribution in [0, 0.1) is 0 Å². The summed E-state index contributed by atoms with van der Waals surface area (Å²) in [5.41, 5.74) is 5.31. The maximum Gasteiger partial charge on any atom is 0.259 e. The molecule has 5 heteroatoms. The first-order valence-electron chi connectivity index (χ1n) is 9.30. The highest BCUT2D eigenvalue weighted by molar-refractivity contribution is 7.15. The Morgan fingerprint density at radius 2 is 1.48 bits per heavy atom. The fourth-order valence-corrected chi connectivity index (χ4v) is 4.53. The van der Waals surface area contributed by atoms with Crippen LogP contribution in [0.4, 0.5) is 5.69 Å². The van der Waals surface area contributed by atoms with Gasteiger partial charge in [-0.25, -0.2) is 0 Å². The Labute approximate surface area is 172 Å². The van der Waals surface area contributed by atoms with E-state index >= 15 is 0 Å². The predicted molar refractivity (Wildman–Crippen MR) is 118 cm³/mol. The number of para-hydroxylation sites is 1. The normalized spacial score (nSPS) is 14.8. The summed E-state index contributed by atoms with van der Waals surface area (Å²) in [5, 5.41) is 10.5. The van der Waals surface area contributed by atoms with Crippen LogP contribution in [0.25, 0.3) is 21.7 Å².